The number of hydrogen-bond acceptors (Lipinski definition) is 7. The van der Waals surface area contributed by atoms with E-state index >= 15 is 0 Å². The van der Waals surface area contributed by atoms with Crippen molar-refractivity contribution in [3.8, 4) is 0 Å². The number of fused-ring (bicyclic) bond motifs is 1. The molecule has 0 unspecified atom stereocenters. The maximum absolute atomic E-state index is 11.1. The third kappa shape index (κ3) is 2.85. The Kier molecular flexibility index (Phi) is 4.38. The van der Waals surface area contributed by atoms with Gasteiger partial charge < -0.3 is 25.8 Å². The number of imidazole rings is 1. The summed E-state index contributed by atoms with van der Waals surface area (Å²) in [6.07, 6.45) is 0.0165. The second kappa shape index (κ2) is 6.17. The number of nitrogens with two attached hydrogens (primary N) is 1. The van der Waals surface area contributed by atoms with Gasteiger partial charge in [0.15, 0.2) is 20.8 Å². The fraction of sp³-hybridized carbons (Fsp3) is 0.538. The predicted octanol–water partition coefficient (Wildman–Crippen LogP) is -0.369. The molecule has 9 nitrogen and oxygen atoms in total. The molecule has 2 aromatic heterocycles. The summed E-state index contributed by atoms with van der Waals surface area (Å²) >= 11 is 2.01. The van der Waals surface area contributed by atoms with Gasteiger partial charge in [0.25, 0.3) is 0 Å². The van der Waals surface area contributed by atoms with Gasteiger partial charge in [0.05, 0.1) is 18.5 Å². The summed E-state index contributed by atoms with van der Waals surface area (Å²) in [7, 11) is 1.74. The molecule has 4 atom stereocenters. The number of carbonyl (C=O) groups is 1. The number of aliphatic hydroxyl groups excluding tert-OH is 2. The third-order valence-corrected chi connectivity index (χ3v) is 4.71. The van der Waals surface area contributed by atoms with E-state index in [0.717, 1.165) is 0 Å². The molecule has 1 saturated carbocycles. The third-order valence-electron chi connectivity index (χ3n) is 4.22. The van der Waals surface area contributed by atoms with Crippen molar-refractivity contribution >= 4 is 45.5 Å². The van der Waals surface area contributed by atoms with Crippen LogP contribution in [0.2, 0.25) is 0 Å². The number of nitrogens with zero attached hydrogens (tertiary/aromatic N) is 4. The summed E-state index contributed by atoms with van der Waals surface area (Å²) in [4.78, 5) is 24.1. The van der Waals surface area contributed by atoms with Gasteiger partial charge >= 0.3 is 0 Å². The second-order valence-electron chi connectivity index (χ2n) is 5.63. The summed E-state index contributed by atoms with van der Waals surface area (Å²) < 4.78 is 2.28. The van der Waals surface area contributed by atoms with E-state index in [2.05, 4.69) is 20.3 Å². The number of primary amides is 1. The molecule has 0 aromatic carbocycles. The van der Waals surface area contributed by atoms with Gasteiger partial charge in [0, 0.05) is 36.1 Å². The van der Waals surface area contributed by atoms with Crippen LogP contribution in [-0.2, 0) is 4.79 Å². The lowest BCUT2D eigenvalue weighted by Gasteiger charge is -2.18. The van der Waals surface area contributed by atoms with Gasteiger partial charge in [-0.2, -0.15) is 0 Å². The Morgan fingerprint density at radius 1 is 1.48 bits per heavy atom. The van der Waals surface area contributed by atoms with Crippen LogP contribution in [0, 0.1) is 9.75 Å². The number of hydrogen-bond donors (Lipinski definition) is 4. The zero-order valence-electron chi connectivity index (χ0n) is 12.3. The highest BCUT2D eigenvalue weighted by Crippen LogP contribution is 2.38. The van der Waals surface area contributed by atoms with E-state index in [0.29, 0.717) is 27.2 Å². The standard InChI is InChI=1S/C13H17IN6O3/c1-16-11-8-12(19-13(14)18-11)20(4-17-8)6-2-5(3-7(15)21)9(22)10(6)23/h4-6,9-10,22-23H,2-3H2,1H3,(H2,15,21)(H,16,18,19)/t5-,6+,9+,10-/m0/s1. The SMILES string of the molecule is CNc1nc(I)nc2c1ncn2[C@@H]1C[C@@H](CC(N)=O)[C@@H](O)[C@H]1O. The maximum atomic E-state index is 11.1. The Hall–Kier alpha value is -1.53. The molecule has 0 spiro atoms. The van der Waals surface area contributed by atoms with Crippen LogP contribution in [0.1, 0.15) is 18.9 Å². The first kappa shape index (κ1) is 16.3. The minimum absolute atomic E-state index is 0.0373. The normalized spacial score (nSPS) is 27.5. The van der Waals surface area contributed by atoms with Crippen molar-refractivity contribution in [1.29, 1.82) is 0 Å². The molecule has 3 rings (SSSR count). The lowest BCUT2D eigenvalue weighted by atomic mass is 10.0. The molecule has 23 heavy (non-hydrogen) atoms. The first-order valence-electron chi connectivity index (χ1n) is 7.14. The highest BCUT2D eigenvalue weighted by molar-refractivity contribution is 14.1. The number of aromatic nitrogens is 4. The highest BCUT2D eigenvalue weighted by Gasteiger charge is 2.43. The minimum atomic E-state index is -1.01. The highest BCUT2D eigenvalue weighted by atomic mass is 127. The summed E-state index contributed by atoms with van der Waals surface area (Å²) in [5, 5.41) is 23.5. The number of anilines is 1. The van der Waals surface area contributed by atoms with Crippen molar-refractivity contribution in [3.63, 3.8) is 0 Å². The molecular formula is C13H17IN6O3. The van der Waals surface area contributed by atoms with Gasteiger partial charge in [-0.05, 0) is 12.3 Å². The lowest BCUT2D eigenvalue weighted by molar-refractivity contribution is -0.119. The van der Waals surface area contributed by atoms with E-state index in [-0.39, 0.29) is 12.3 Å². The largest absolute Gasteiger partial charge is 0.390 e. The molecule has 5 N–H and O–H groups in total. The molecule has 1 aliphatic carbocycles. The number of aliphatic hydroxyl groups is 2. The van der Waals surface area contributed by atoms with Gasteiger partial charge in [-0.15, -0.1) is 0 Å². The topological polar surface area (TPSA) is 139 Å². The van der Waals surface area contributed by atoms with E-state index in [1.165, 1.54) is 0 Å². The molecule has 0 aliphatic heterocycles. The van der Waals surface area contributed by atoms with Crippen molar-refractivity contribution in [1.82, 2.24) is 19.5 Å². The molecule has 0 saturated heterocycles. The van der Waals surface area contributed by atoms with E-state index in [9.17, 15) is 15.0 Å². The van der Waals surface area contributed by atoms with Crippen molar-refractivity contribution < 1.29 is 15.0 Å². The Morgan fingerprint density at radius 3 is 2.87 bits per heavy atom. The van der Waals surface area contributed by atoms with Gasteiger partial charge in [0.2, 0.25) is 5.91 Å². The monoisotopic (exact) mass is 432 g/mol. The van der Waals surface area contributed by atoms with Crippen LogP contribution in [0.5, 0.6) is 0 Å². The van der Waals surface area contributed by atoms with Crippen LogP contribution in [0.4, 0.5) is 5.82 Å². The first-order chi connectivity index (χ1) is 10.9. The number of nitrogens with one attached hydrogen (secondary N) is 1. The smallest absolute Gasteiger partial charge is 0.217 e. The predicted molar refractivity (Wildman–Crippen MR) is 90.6 cm³/mol. The Bertz CT molecular complexity index is 751. The molecule has 2 aromatic rings. The summed E-state index contributed by atoms with van der Waals surface area (Å²) in [6, 6.07) is -0.422. The summed E-state index contributed by atoms with van der Waals surface area (Å²) in [5.74, 6) is -0.277. The molecule has 124 valence electrons. The van der Waals surface area contributed by atoms with Gasteiger partial charge in [0.1, 0.15) is 6.10 Å². The number of amides is 1. The van der Waals surface area contributed by atoms with Gasteiger partial charge in [-0.25, -0.2) is 15.0 Å². The lowest BCUT2D eigenvalue weighted by Crippen LogP contribution is -2.31. The zero-order valence-corrected chi connectivity index (χ0v) is 14.5. The van der Waals surface area contributed by atoms with Crippen molar-refractivity contribution in [2.24, 2.45) is 11.7 Å². The number of halogens is 1. The average Bonchev–Trinajstić information content (AvgIpc) is 3.02. The molecule has 0 radical (unpaired) electrons. The summed E-state index contributed by atoms with van der Waals surface area (Å²) in [5.41, 5.74) is 6.38. The molecule has 10 heteroatoms. The maximum Gasteiger partial charge on any atom is 0.217 e. The molecule has 1 amide bonds. The zero-order chi connectivity index (χ0) is 16.7. The van der Waals surface area contributed by atoms with E-state index < -0.39 is 24.2 Å². The van der Waals surface area contributed by atoms with Crippen molar-refractivity contribution in [2.45, 2.75) is 31.1 Å². The van der Waals surface area contributed by atoms with Crippen LogP contribution < -0.4 is 11.1 Å². The van der Waals surface area contributed by atoms with E-state index in [1.807, 2.05) is 22.6 Å². The number of rotatable bonds is 4. The Balaban J connectivity index is 2.00. The van der Waals surface area contributed by atoms with E-state index in [4.69, 9.17) is 5.73 Å². The molecule has 0 bridgehead atoms. The molecule has 1 aliphatic rings. The van der Waals surface area contributed by atoms with E-state index in [1.54, 1.807) is 17.9 Å². The average molecular weight is 432 g/mol. The van der Waals surface area contributed by atoms with Crippen LogP contribution >= 0.6 is 22.6 Å². The van der Waals surface area contributed by atoms with Gasteiger partial charge in [-0.1, -0.05) is 0 Å². The van der Waals surface area contributed by atoms with Crippen LogP contribution in [0.15, 0.2) is 6.33 Å². The van der Waals surface area contributed by atoms with Crippen LogP contribution in [0.25, 0.3) is 11.2 Å². The van der Waals surface area contributed by atoms with Crippen molar-refractivity contribution in [2.75, 3.05) is 12.4 Å². The number of carbonyl (C=O) groups excluding carboxylic acids is 1. The minimum Gasteiger partial charge on any atom is -0.390 e. The van der Waals surface area contributed by atoms with Crippen LogP contribution in [-0.4, -0.2) is 54.9 Å². The quantitative estimate of drug-likeness (QED) is 0.382. The fourth-order valence-electron chi connectivity index (χ4n) is 3.14. The fourth-order valence-corrected chi connectivity index (χ4v) is 3.61. The Labute approximate surface area is 145 Å². The molecular weight excluding hydrogens is 415 g/mol. The molecule has 2 heterocycles. The Morgan fingerprint density at radius 2 is 2.22 bits per heavy atom. The second-order valence-corrected chi connectivity index (χ2v) is 6.59. The molecule has 1 fully saturated rings. The van der Waals surface area contributed by atoms with Gasteiger partial charge in [-0.3, -0.25) is 4.79 Å². The van der Waals surface area contributed by atoms with Crippen molar-refractivity contribution in [3.05, 3.63) is 10.2 Å². The van der Waals surface area contributed by atoms with Crippen LogP contribution in [0.3, 0.4) is 0 Å². The first-order valence-corrected chi connectivity index (χ1v) is 8.22. The summed E-state index contributed by atoms with van der Waals surface area (Å²) in [6.45, 7) is 0.